The summed E-state index contributed by atoms with van der Waals surface area (Å²) in [4.78, 5) is 23.5. The van der Waals surface area contributed by atoms with Gasteiger partial charge in [-0.1, -0.05) is 6.07 Å². The Morgan fingerprint density at radius 1 is 1.50 bits per heavy atom. The van der Waals surface area contributed by atoms with Crippen LogP contribution in [0.3, 0.4) is 0 Å². The number of benzene rings is 1. The summed E-state index contributed by atoms with van der Waals surface area (Å²) < 4.78 is 0. The topological polar surface area (TPSA) is 87.0 Å². The van der Waals surface area contributed by atoms with E-state index >= 15 is 0 Å². The number of aliphatic carboxylic acids is 1. The van der Waals surface area contributed by atoms with E-state index in [0.29, 0.717) is 5.56 Å². The van der Waals surface area contributed by atoms with Crippen molar-refractivity contribution in [3.63, 3.8) is 0 Å². The number of isocyanates is 1. The molecule has 0 aromatic heterocycles. The summed E-state index contributed by atoms with van der Waals surface area (Å²) in [5, 5.41) is 17.7. The number of phenols is 1. The van der Waals surface area contributed by atoms with Gasteiger partial charge in [0.1, 0.15) is 11.4 Å². The van der Waals surface area contributed by atoms with E-state index in [1.54, 1.807) is 0 Å². The number of carboxylic acid groups (broad SMARTS) is 1. The van der Waals surface area contributed by atoms with Crippen LogP contribution in [0, 0.1) is 0 Å². The molecule has 1 rings (SSSR count). The van der Waals surface area contributed by atoms with Gasteiger partial charge in [-0.2, -0.15) is 4.99 Å². The lowest BCUT2D eigenvalue weighted by atomic mass is 10.1. The molecule has 72 valence electrons. The molecule has 0 spiro atoms. The van der Waals surface area contributed by atoms with E-state index in [4.69, 9.17) is 5.11 Å². The Morgan fingerprint density at radius 2 is 2.21 bits per heavy atom. The zero-order chi connectivity index (χ0) is 10.6. The molecule has 1 aromatic carbocycles. The van der Waals surface area contributed by atoms with Crippen LogP contribution in [0.5, 0.6) is 5.75 Å². The Labute approximate surface area is 79.3 Å². The predicted octanol–water partition coefficient (Wildman–Crippen LogP) is 0.987. The summed E-state index contributed by atoms with van der Waals surface area (Å²) in [7, 11) is 0. The molecule has 0 atom stereocenters. The zero-order valence-corrected chi connectivity index (χ0v) is 7.10. The maximum absolute atomic E-state index is 10.4. The van der Waals surface area contributed by atoms with Crippen LogP contribution < -0.4 is 0 Å². The van der Waals surface area contributed by atoms with Crippen LogP contribution in [0.1, 0.15) is 5.56 Å². The average Bonchev–Trinajstić information content (AvgIpc) is 2.10. The average molecular weight is 193 g/mol. The van der Waals surface area contributed by atoms with Crippen molar-refractivity contribution in [2.24, 2.45) is 4.99 Å². The van der Waals surface area contributed by atoms with Crippen LogP contribution in [0.2, 0.25) is 0 Å². The maximum atomic E-state index is 10.4. The lowest BCUT2D eigenvalue weighted by molar-refractivity contribution is -0.136. The van der Waals surface area contributed by atoms with Crippen molar-refractivity contribution in [1.82, 2.24) is 0 Å². The van der Waals surface area contributed by atoms with E-state index in [9.17, 15) is 14.7 Å². The summed E-state index contributed by atoms with van der Waals surface area (Å²) in [5.74, 6) is -1.17. The molecule has 0 heterocycles. The molecule has 0 aliphatic carbocycles. The van der Waals surface area contributed by atoms with Gasteiger partial charge in [0.15, 0.2) is 0 Å². The second-order valence-corrected chi connectivity index (χ2v) is 2.60. The first kappa shape index (κ1) is 9.95. The molecule has 2 N–H and O–H groups in total. The van der Waals surface area contributed by atoms with E-state index < -0.39 is 5.97 Å². The number of hydrogen-bond donors (Lipinski definition) is 2. The second kappa shape index (κ2) is 4.20. The summed E-state index contributed by atoms with van der Waals surface area (Å²) in [5.41, 5.74) is 0.489. The van der Waals surface area contributed by atoms with Crippen molar-refractivity contribution < 1.29 is 19.8 Å². The predicted molar refractivity (Wildman–Crippen MR) is 47.2 cm³/mol. The molecule has 5 heteroatoms. The molecular weight excluding hydrogens is 186 g/mol. The number of phenolic OH excluding ortho intramolecular Hbond substituents is 1. The Bertz CT molecular complexity index is 407. The number of aromatic hydroxyl groups is 1. The Hall–Kier alpha value is -2.13. The molecule has 14 heavy (non-hydrogen) atoms. The van der Waals surface area contributed by atoms with Crippen LogP contribution in [-0.2, 0) is 16.0 Å². The number of carbonyl (C=O) groups is 1. The minimum atomic E-state index is -0.989. The van der Waals surface area contributed by atoms with Gasteiger partial charge in [0.05, 0.1) is 6.42 Å². The smallest absolute Gasteiger partial charge is 0.307 e. The number of carbonyl (C=O) groups excluding carboxylic acids is 1. The summed E-state index contributed by atoms with van der Waals surface area (Å²) in [6.45, 7) is 0. The third-order valence-electron chi connectivity index (χ3n) is 1.56. The highest BCUT2D eigenvalue weighted by atomic mass is 16.4. The molecule has 0 aliphatic rings. The van der Waals surface area contributed by atoms with Gasteiger partial charge in [-0.15, -0.1) is 0 Å². The monoisotopic (exact) mass is 193 g/mol. The fraction of sp³-hybridized carbons (Fsp3) is 0.111. The number of carboxylic acids is 1. The lowest BCUT2D eigenvalue weighted by Crippen LogP contribution is -1.99. The highest BCUT2D eigenvalue weighted by molar-refractivity contribution is 5.71. The van der Waals surface area contributed by atoms with Crippen molar-refractivity contribution in [1.29, 1.82) is 0 Å². The second-order valence-electron chi connectivity index (χ2n) is 2.60. The van der Waals surface area contributed by atoms with Crippen molar-refractivity contribution in [2.45, 2.75) is 6.42 Å². The summed E-state index contributed by atoms with van der Waals surface area (Å²) in [6, 6.07) is 4.07. The van der Waals surface area contributed by atoms with Crippen LogP contribution >= 0.6 is 0 Å². The summed E-state index contributed by atoms with van der Waals surface area (Å²) >= 11 is 0. The first-order chi connectivity index (χ1) is 6.63. The molecule has 0 radical (unpaired) electrons. The van der Waals surface area contributed by atoms with Gasteiger partial charge in [-0.05, 0) is 17.7 Å². The molecule has 0 saturated carbocycles. The van der Waals surface area contributed by atoms with Gasteiger partial charge in [-0.25, -0.2) is 4.79 Å². The molecule has 5 nitrogen and oxygen atoms in total. The van der Waals surface area contributed by atoms with Crippen LogP contribution in [0.25, 0.3) is 0 Å². The molecule has 0 unspecified atom stereocenters. The standard InChI is InChI=1S/C9H7NO4/c11-5-10-7-3-6(4-9(13)14)1-2-8(7)12/h1-3,12H,4H2,(H,13,14). The molecule has 1 aromatic rings. The van der Waals surface area contributed by atoms with Gasteiger partial charge in [-0.3, -0.25) is 4.79 Å². The van der Waals surface area contributed by atoms with Crippen LogP contribution in [-0.4, -0.2) is 22.3 Å². The lowest BCUT2D eigenvalue weighted by Gasteiger charge is -2.00. The van der Waals surface area contributed by atoms with Crippen LogP contribution in [0.15, 0.2) is 23.2 Å². The van der Waals surface area contributed by atoms with Crippen molar-refractivity contribution in [3.8, 4) is 5.75 Å². The molecule has 0 saturated heterocycles. The first-order valence-corrected chi connectivity index (χ1v) is 3.75. The fourth-order valence-corrected chi connectivity index (χ4v) is 0.992. The third-order valence-corrected chi connectivity index (χ3v) is 1.56. The van der Waals surface area contributed by atoms with Crippen molar-refractivity contribution >= 4 is 17.7 Å². The molecule has 0 aliphatic heterocycles. The van der Waals surface area contributed by atoms with E-state index in [-0.39, 0.29) is 17.9 Å². The number of rotatable bonds is 3. The third kappa shape index (κ3) is 2.43. The number of nitrogens with zero attached hydrogens (tertiary/aromatic N) is 1. The van der Waals surface area contributed by atoms with Gasteiger partial charge >= 0.3 is 5.97 Å². The quantitative estimate of drug-likeness (QED) is 0.553. The van der Waals surface area contributed by atoms with Gasteiger partial charge in [0.2, 0.25) is 6.08 Å². The maximum Gasteiger partial charge on any atom is 0.307 e. The van der Waals surface area contributed by atoms with Crippen LogP contribution in [0.4, 0.5) is 5.69 Å². The fourth-order valence-electron chi connectivity index (χ4n) is 0.992. The number of aliphatic imine (C=N–C) groups is 1. The molecule has 0 amide bonds. The minimum Gasteiger partial charge on any atom is -0.506 e. The minimum absolute atomic E-state index is 0.0266. The van der Waals surface area contributed by atoms with E-state index in [1.807, 2.05) is 0 Å². The van der Waals surface area contributed by atoms with Gasteiger partial charge in [0, 0.05) is 0 Å². The highest BCUT2D eigenvalue weighted by Crippen LogP contribution is 2.26. The Kier molecular flexibility index (Phi) is 2.99. The number of hydrogen-bond acceptors (Lipinski definition) is 4. The Morgan fingerprint density at radius 3 is 2.79 bits per heavy atom. The largest absolute Gasteiger partial charge is 0.506 e. The zero-order valence-electron chi connectivity index (χ0n) is 7.10. The molecular formula is C9H7NO4. The normalized spacial score (nSPS) is 9.14. The van der Waals surface area contributed by atoms with E-state index in [2.05, 4.69) is 4.99 Å². The van der Waals surface area contributed by atoms with Gasteiger partial charge in [0.25, 0.3) is 0 Å². The molecule has 0 fully saturated rings. The van der Waals surface area contributed by atoms with E-state index in [1.165, 1.54) is 24.3 Å². The first-order valence-electron chi connectivity index (χ1n) is 3.75. The summed E-state index contributed by atoms with van der Waals surface area (Å²) in [6.07, 6.45) is 1.09. The SMILES string of the molecule is O=C=Nc1cc(CC(=O)O)ccc1O. The molecule has 0 bridgehead atoms. The highest BCUT2D eigenvalue weighted by Gasteiger charge is 2.04. The van der Waals surface area contributed by atoms with Gasteiger partial charge < -0.3 is 10.2 Å². The van der Waals surface area contributed by atoms with E-state index in [0.717, 1.165) is 0 Å². The van der Waals surface area contributed by atoms with Crippen molar-refractivity contribution in [3.05, 3.63) is 23.8 Å². The van der Waals surface area contributed by atoms with Crippen molar-refractivity contribution in [2.75, 3.05) is 0 Å². The Balaban J connectivity index is 3.05.